The molecule has 0 aliphatic carbocycles. The molecule has 0 atom stereocenters. The summed E-state index contributed by atoms with van der Waals surface area (Å²) in [7, 11) is 0. The second-order valence-corrected chi connectivity index (χ2v) is 5.76. The number of rotatable bonds is 2. The highest BCUT2D eigenvalue weighted by molar-refractivity contribution is 5.37. The van der Waals surface area contributed by atoms with Crippen LogP contribution in [0.2, 0.25) is 0 Å². The van der Waals surface area contributed by atoms with Gasteiger partial charge in [0.25, 0.3) is 6.47 Å². The van der Waals surface area contributed by atoms with E-state index >= 15 is 0 Å². The monoisotopic (exact) mass is 263 g/mol. The van der Waals surface area contributed by atoms with Crippen molar-refractivity contribution in [2.75, 3.05) is 13.1 Å². The molecule has 0 radical (unpaired) electrons. The predicted molar refractivity (Wildman–Crippen MR) is 78.2 cm³/mol. The van der Waals surface area contributed by atoms with Crippen molar-refractivity contribution in [3.05, 3.63) is 35.9 Å². The van der Waals surface area contributed by atoms with Gasteiger partial charge in [0.15, 0.2) is 0 Å². The topological polar surface area (TPSA) is 38.3 Å². The average Bonchev–Trinajstić information content (AvgIpc) is 2.40. The van der Waals surface area contributed by atoms with E-state index in [1.807, 2.05) is 20.8 Å². The summed E-state index contributed by atoms with van der Waals surface area (Å²) in [6.07, 6.45) is 2.59. The molecule has 1 saturated heterocycles. The highest BCUT2D eigenvalue weighted by Crippen LogP contribution is 2.24. The largest absolute Gasteiger partial charge is 0.462 e. The number of ether oxygens (including phenoxy) is 1. The summed E-state index contributed by atoms with van der Waals surface area (Å²) in [6.45, 7) is 8.28. The molecule has 0 bridgehead atoms. The molecule has 0 spiro atoms. The molecule has 106 valence electrons. The fraction of sp³-hybridized carbons (Fsp3) is 0.562. The maximum atomic E-state index is 9.60. The summed E-state index contributed by atoms with van der Waals surface area (Å²) in [5.74, 6) is 0.799. The van der Waals surface area contributed by atoms with E-state index in [0.29, 0.717) is 6.47 Å². The van der Waals surface area contributed by atoms with Gasteiger partial charge in [-0.15, -0.1) is 0 Å². The van der Waals surface area contributed by atoms with Gasteiger partial charge in [-0.3, -0.25) is 4.79 Å². The molecular weight excluding hydrogens is 238 g/mol. The molecule has 0 saturated carbocycles. The Balaban J connectivity index is 0.000000224. The van der Waals surface area contributed by atoms with Crippen LogP contribution >= 0.6 is 0 Å². The molecule has 3 heteroatoms. The number of piperidine rings is 1. The molecule has 1 aromatic rings. The minimum atomic E-state index is -0.318. The Kier molecular flexibility index (Phi) is 6.57. The third-order valence-corrected chi connectivity index (χ3v) is 3.01. The summed E-state index contributed by atoms with van der Waals surface area (Å²) in [4.78, 5) is 9.60. The first-order chi connectivity index (χ1) is 9.03. The summed E-state index contributed by atoms with van der Waals surface area (Å²) in [5, 5.41) is 3.38. The number of benzene rings is 1. The molecule has 0 amide bonds. The van der Waals surface area contributed by atoms with Crippen LogP contribution in [0.4, 0.5) is 0 Å². The second-order valence-electron chi connectivity index (χ2n) is 5.76. The maximum absolute atomic E-state index is 9.60. The minimum absolute atomic E-state index is 0.318. The van der Waals surface area contributed by atoms with Crippen molar-refractivity contribution in [3.8, 4) is 0 Å². The van der Waals surface area contributed by atoms with Crippen LogP contribution < -0.4 is 5.32 Å². The van der Waals surface area contributed by atoms with Gasteiger partial charge in [0, 0.05) is 0 Å². The fourth-order valence-electron chi connectivity index (χ4n) is 2.02. The number of carbonyl (C=O) groups is 1. The first-order valence-electron chi connectivity index (χ1n) is 6.90. The Bertz CT molecular complexity index is 351. The lowest BCUT2D eigenvalue weighted by Crippen LogP contribution is -2.26. The smallest absolute Gasteiger partial charge is 0.293 e. The summed E-state index contributed by atoms with van der Waals surface area (Å²) in [6, 6.07) is 10.9. The van der Waals surface area contributed by atoms with Gasteiger partial charge in [-0.25, -0.2) is 0 Å². The first-order valence-corrected chi connectivity index (χ1v) is 6.90. The SMILES string of the molecule is CC(C)(C)OC=O.c1ccc(C2CCNCC2)cc1. The highest BCUT2D eigenvalue weighted by Gasteiger charge is 2.13. The van der Waals surface area contributed by atoms with Crippen molar-refractivity contribution in [1.29, 1.82) is 0 Å². The van der Waals surface area contributed by atoms with Crippen molar-refractivity contribution >= 4 is 6.47 Å². The number of carbonyl (C=O) groups excluding carboxylic acids is 1. The van der Waals surface area contributed by atoms with Crippen LogP contribution in [0.3, 0.4) is 0 Å². The van der Waals surface area contributed by atoms with Crippen LogP contribution in [0, 0.1) is 0 Å². The first kappa shape index (κ1) is 15.7. The molecule has 0 aromatic heterocycles. The highest BCUT2D eigenvalue weighted by atomic mass is 16.5. The van der Waals surface area contributed by atoms with E-state index < -0.39 is 0 Å². The zero-order valence-corrected chi connectivity index (χ0v) is 12.2. The van der Waals surface area contributed by atoms with Gasteiger partial charge in [-0.05, 0) is 58.2 Å². The van der Waals surface area contributed by atoms with Gasteiger partial charge >= 0.3 is 0 Å². The van der Waals surface area contributed by atoms with Crippen molar-refractivity contribution < 1.29 is 9.53 Å². The van der Waals surface area contributed by atoms with E-state index in [1.54, 1.807) is 0 Å². The normalized spacial score (nSPS) is 16.2. The van der Waals surface area contributed by atoms with Crippen molar-refractivity contribution in [1.82, 2.24) is 5.32 Å². The van der Waals surface area contributed by atoms with Crippen molar-refractivity contribution in [3.63, 3.8) is 0 Å². The fourth-order valence-corrected chi connectivity index (χ4v) is 2.02. The van der Waals surface area contributed by atoms with Gasteiger partial charge in [-0.2, -0.15) is 0 Å². The van der Waals surface area contributed by atoms with Gasteiger partial charge in [0.1, 0.15) is 5.60 Å². The molecule has 19 heavy (non-hydrogen) atoms. The van der Waals surface area contributed by atoms with Gasteiger partial charge < -0.3 is 10.1 Å². The van der Waals surface area contributed by atoms with E-state index in [9.17, 15) is 4.79 Å². The molecule has 1 aliphatic heterocycles. The lowest BCUT2D eigenvalue weighted by molar-refractivity contribution is -0.138. The average molecular weight is 263 g/mol. The van der Waals surface area contributed by atoms with E-state index in [1.165, 1.54) is 31.5 Å². The quantitative estimate of drug-likeness (QED) is 0.833. The Hall–Kier alpha value is -1.35. The lowest BCUT2D eigenvalue weighted by atomic mass is 9.90. The summed E-state index contributed by atoms with van der Waals surface area (Å²) in [5.41, 5.74) is 1.20. The van der Waals surface area contributed by atoms with E-state index in [-0.39, 0.29) is 5.60 Å². The standard InChI is InChI=1S/C11H15N.C5H10O2/c1-2-4-10(5-3-1)11-6-8-12-9-7-11;1-5(2,3)7-4-6/h1-5,11-12H,6-9H2;4H,1-3H3. The van der Waals surface area contributed by atoms with Crippen LogP contribution in [0.1, 0.15) is 45.1 Å². The Morgan fingerprint density at radius 1 is 1.16 bits per heavy atom. The van der Waals surface area contributed by atoms with Gasteiger partial charge in [-0.1, -0.05) is 30.3 Å². The maximum Gasteiger partial charge on any atom is 0.293 e. The van der Waals surface area contributed by atoms with Gasteiger partial charge in [0.05, 0.1) is 0 Å². The van der Waals surface area contributed by atoms with E-state index in [0.717, 1.165) is 5.92 Å². The number of hydrogen-bond donors (Lipinski definition) is 1. The molecule has 1 aliphatic rings. The molecule has 1 fully saturated rings. The van der Waals surface area contributed by atoms with Crippen molar-refractivity contribution in [2.45, 2.75) is 45.1 Å². The molecule has 1 N–H and O–H groups in total. The molecular formula is C16H25NO2. The van der Waals surface area contributed by atoms with Crippen LogP contribution in [0.15, 0.2) is 30.3 Å². The third kappa shape index (κ3) is 6.97. The summed E-state index contributed by atoms with van der Waals surface area (Å²) >= 11 is 0. The van der Waals surface area contributed by atoms with Gasteiger partial charge in [0.2, 0.25) is 0 Å². The Morgan fingerprint density at radius 2 is 1.74 bits per heavy atom. The minimum Gasteiger partial charge on any atom is -0.462 e. The third-order valence-electron chi connectivity index (χ3n) is 3.01. The number of hydrogen-bond acceptors (Lipinski definition) is 3. The predicted octanol–water partition coefficient (Wildman–Crippen LogP) is 3.11. The Labute approximate surface area is 116 Å². The summed E-state index contributed by atoms with van der Waals surface area (Å²) < 4.78 is 4.55. The van der Waals surface area contributed by atoms with Crippen LogP contribution in [-0.4, -0.2) is 25.2 Å². The van der Waals surface area contributed by atoms with Crippen LogP contribution in [0.5, 0.6) is 0 Å². The van der Waals surface area contributed by atoms with Crippen molar-refractivity contribution in [2.24, 2.45) is 0 Å². The van der Waals surface area contributed by atoms with Crippen LogP contribution in [-0.2, 0) is 9.53 Å². The molecule has 1 aromatic carbocycles. The van der Waals surface area contributed by atoms with Crippen LogP contribution in [0.25, 0.3) is 0 Å². The van der Waals surface area contributed by atoms with E-state index in [4.69, 9.17) is 0 Å². The molecule has 1 heterocycles. The zero-order chi connectivity index (χ0) is 14.1. The molecule has 3 nitrogen and oxygen atoms in total. The molecule has 0 unspecified atom stereocenters. The zero-order valence-electron chi connectivity index (χ0n) is 12.2. The second kappa shape index (κ2) is 7.95. The lowest BCUT2D eigenvalue weighted by Gasteiger charge is -2.22. The Morgan fingerprint density at radius 3 is 2.16 bits per heavy atom. The number of nitrogens with one attached hydrogen (secondary N) is 1. The van der Waals surface area contributed by atoms with E-state index in [2.05, 4.69) is 40.4 Å². The molecule has 2 rings (SSSR count).